The van der Waals surface area contributed by atoms with Gasteiger partial charge in [0, 0.05) is 12.1 Å². The van der Waals surface area contributed by atoms with Gasteiger partial charge in [-0.2, -0.15) is 13.2 Å². The van der Waals surface area contributed by atoms with Crippen LogP contribution in [0.1, 0.15) is 29.7 Å². The molecule has 12 nitrogen and oxygen atoms in total. The maximum absolute atomic E-state index is 14.0. The van der Waals surface area contributed by atoms with E-state index in [1.807, 2.05) is 37.3 Å². The number of amidine groups is 1. The van der Waals surface area contributed by atoms with Crippen LogP contribution < -0.4 is 22.1 Å². The third-order valence-corrected chi connectivity index (χ3v) is 10.5. The van der Waals surface area contributed by atoms with E-state index in [9.17, 15) is 31.2 Å². The number of thioether (sulfide) groups is 1. The number of unbranched alkanes of at least 4 members (excludes halogenated alkanes) is 1. The summed E-state index contributed by atoms with van der Waals surface area (Å²) in [5.41, 5.74) is 13.3. The number of alkyl halides is 3. The van der Waals surface area contributed by atoms with Crippen LogP contribution in [-0.4, -0.2) is 67.5 Å². The van der Waals surface area contributed by atoms with Gasteiger partial charge in [-0.15, -0.1) is 23.1 Å². The van der Waals surface area contributed by atoms with Crippen LogP contribution >= 0.6 is 23.1 Å². The molecule has 0 aliphatic carbocycles. The van der Waals surface area contributed by atoms with Gasteiger partial charge in [-0.1, -0.05) is 36.4 Å². The maximum Gasteiger partial charge on any atom is 0.490 e. The van der Waals surface area contributed by atoms with Crippen molar-refractivity contribution in [2.75, 3.05) is 18.1 Å². The zero-order valence-corrected chi connectivity index (χ0v) is 26.9. The minimum Gasteiger partial charge on any atom is -0.480 e. The number of sulfone groups is 1. The van der Waals surface area contributed by atoms with Gasteiger partial charge in [0.25, 0.3) is 0 Å². The van der Waals surface area contributed by atoms with Crippen LogP contribution in [-0.2, 0) is 19.4 Å². The lowest BCUT2D eigenvalue weighted by Crippen LogP contribution is -2.32. The number of aliphatic carboxylic acids is 2. The Balaban J connectivity index is 0.000000942. The number of urea groups is 1. The quantitative estimate of drug-likeness (QED) is 0.0584. The number of hydrogen-bond donors (Lipinski definition) is 7. The molecule has 250 valence electrons. The number of carboxylic acids is 2. The number of aryl methyl sites for hydroxylation is 1. The van der Waals surface area contributed by atoms with Gasteiger partial charge in [-0.05, 0) is 55.7 Å². The van der Waals surface area contributed by atoms with Gasteiger partial charge in [-0.25, -0.2) is 18.0 Å². The fourth-order valence-corrected chi connectivity index (χ4v) is 7.94. The van der Waals surface area contributed by atoms with Crippen LogP contribution in [0, 0.1) is 12.3 Å². The van der Waals surface area contributed by atoms with Crippen LogP contribution in [0.25, 0.3) is 11.1 Å². The Labute approximate surface area is 270 Å². The number of amides is 2. The zero-order valence-electron chi connectivity index (χ0n) is 24.5. The Bertz CT molecular complexity index is 1680. The first-order valence-electron chi connectivity index (χ1n) is 13.2. The molecule has 0 saturated carbocycles. The number of hydrogen-bond acceptors (Lipinski definition) is 9. The molecule has 3 rings (SSSR count). The molecule has 1 unspecified atom stereocenters. The van der Waals surface area contributed by atoms with Crippen LogP contribution in [0.5, 0.6) is 0 Å². The highest BCUT2D eigenvalue weighted by Crippen LogP contribution is 2.42. The third kappa shape index (κ3) is 10.2. The number of thiophene rings is 1. The first-order valence-corrected chi connectivity index (χ1v) is 16.7. The van der Waals surface area contributed by atoms with Gasteiger partial charge in [0.05, 0.1) is 24.6 Å². The number of benzene rings is 2. The van der Waals surface area contributed by atoms with E-state index in [1.165, 1.54) is 23.9 Å². The van der Waals surface area contributed by atoms with Crippen LogP contribution in [0.15, 0.2) is 62.5 Å². The van der Waals surface area contributed by atoms with E-state index >= 15 is 0 Å². The predicted octanol–water partition coefficient (Wildman–Crippen LogP) is 4.90. The van der Waals surface area contributed by atoms with Crippen LogP contribution in [0.2, 0.25) is 0 Å². The molecule has 0 spiro atoms. The molecule has 0 aliphatic heterocycles. The SMILES string of the molecule is CSc1sc(C(=N)N)cc1S(=O)(=O)c1ccc(C)c(-c2ccccc2)c1NC(=O)NCCCCC(N)C(=O)O.O=C(O)C(F)(F)F. The van der Waals surface area contributed by atoms with E-state index in [4.69, 9.17) is 31.9 Å². The van der Waals surface area contributed by atoms with Crippen molar-refractivity contribution in [1.82, 2.24) is 5.32 Å². The molecule has 1 aromatic heterocycles. The van der Waals surface area contributed by atoms with Crippen molar-refractivity contribution < 1.29 is 46.2 Å². The number of rotatable bonds is 12. The van der Waals surface area contributed by atoms with Crippen LogP contribution in [0.3, 0.4) is 0 Å². The average Bonchev–Trinajstić information content (AvgIpc) is 3.43. The van der Waals surface area contributed by atoms with Gasteiger partial charge >= 0.3 is 24.1 Å². The van der Waals surface area contributed by atoms with E-state index in [0.29, 0.717) is 27.5 Å². The second-order valence-corrected chi connectivity index (χ2v) is 13.5. The molecule has 3 aromatic rings. The number of nitrogens with two attached hydrogens (primary N) is 2. The van der Waals surface area contributed by atoms with Gasteiger partial charge in [0.15, 0.2) is 0 Å². The molecular formula is C28H32F3N5O7S3. The van der Waals surface area contributed by atoms with Gasteiger partial charge in [-0.3, -0.25) is 10.2 Å². The second kappa shape index (κ2) is 16.4. The normalized spacial score (nSPS) is 12.0. The lowest BCUT2D eigenvalue weighted by atomic mass is 9.98. The average molecular weight is 704 g/mol. The number of halogens is 3. The molecule has 2 aromatic carbocycles. The highest BCUT2D eigenvalue weighted by molar-refractivity contribution is 8.01. The van der Waals surface area contributed by atoms with Crippen LogP contribution in [0.4, 0.5) is 23.7 Å². The Morgan fingerprint density at radius 2 is 1.67 bits per heavy atom. The molecule has 0 saturated heterocycles. The fraction of sp³-hybridized carbons (Fsp3) is 0.286. The highest BCUT2D eigenvalue weighted by atomic mass is 32.2. The molecule has 46 heavy (non-hydrogen) atoms. The van der Waals surface area contributed by atoms with Gasteiger partial charge < -0.3 is 32.3 Å². The number of anilines is 1. The molecule has 0 radical (unpaired) electrons. The summed E-state index contributed by atoms with van der Waals surface area (Å²) in [6, 6.07) is 12.2. The molecule has 18 heteroatoms. The van der Waals surface area contributed by atoms with E-state index in [2.05, 4.69) is 10.6 Å². The standard InChI is InChI=1S/C26H31N5O5S3.C2HF3O2/c1-15-11-12-19(39(35,36)20-14-18(23(28)29)38-25(20)37-2)22(21(15)16-8-4-3-5-9-16)31-26(34)30-13-7-6-10-17(27)24(32)33;3-2(4,5)1(6)7/h3-5,8-9,11-12,14,17H,6-7,10,13,27H2,1-2H3,(H3,28,29)(H,32,33)(H2,30,31,34);(H,6,7). The molecule has 2 amide bonds. The van der Waals surface area contributed by atoms with Crippen molar-refractivity contribution in [2.45, 2.75) is 52.4 Å². The molecule has 0 aliphatic rings. The molecule has 1 heterocycles. The van der Waals surface area contributed by atoms with Crippen molar-refractivity contribution in [3.8, 4) is 11.1 Å². The third-order valence-electron chi connectivity index (χ3n) is 6.16. The first kappa shape index (κ1) is 38.1. The number of carbonyl (C=O) groups excluding carboxylic acids is 1. The summed E-state index contributed by atoms with van der Waals surface area (Å²) in [6.07, 6.45) is -2.06. The summed E-state index contributed by atoms with van der Waals surface area (Å²) in [6.45, 7) is 2.08. The summed E-state index contributed by atoms with van der Waals surface area (Å²) >= 11 is 2.36. The maximum atomic E-state index is 14.0. The lowest BCUT2D eigenvalue weighted by molar-refractivity contribution is -0.192. The Hall–Kier alpha value is -4.13. The second-order valence-electron chi connectivity index (χ2n) is 9.50. The van der Waals surface area contributed by atoms with E-state index in [-0.39, 0.29) is 34.3 Å². The van der Waals surface area contributed by atoms with Crippen molar-refractivity contribution in [3.63, 3.8) is 0 Å². The number of nitrogen functional groups attached to an aromatic ring is 1. The Kier molecular flexibility index (Phi) is 13.6. The van der Waals surface area contributed by atoms with Crippen molar-refractivity contribution in [1.29, 1.82) is 5.41 Å². The fourth-order valence-electron chi connectivity index (χ4n) is 3.92. The number of carboxylic acid groups (broad SMARTS) is 2. The number of carbonyl (C=O) groups is 3. The predicted molar refractivity (Wildman–Crippen MR) is 169 cm³/mol. The minimum atomic E-state index is -5.08. The molecule has 0 bridgehead atoms. The van der Waals surface area contributed by atoms with E-state index < -0.39 is 40.0 Å². The van der Waals surface area contributed by atoms with Gasteiger partial charge in [0.2, 0.25) is 9.84 Å². The molecule has 9 N–H and O–H groups in total. The Morgan fingerprint density at radius 1 is 1.07 bits per heavy atom. The monoisotopic (exact) mass is 703 g/mol. The summed E-state index contributed by atoms with van der Waals surface area (Å²) in [5.74, 6) is -4.06. The largest absolute Gasteiger partial charge is 0.490 e. The minimum absolute atomic E-state index is 0.0197. The first-order chi connectivity index (χ1) is 21.4. The van der Waals surface area contributed by atoms with Crippen molar-refractivity contribution in [3.05, 3.63) is 59.0 Å². The van der Waals surface area contributed by atoms with E-state index in [0.717, 1.165) is 22.5 Å². The topological polar surface area (TPSA) is 226 Å². The molecular weight excluding hydrogens is 672 g/mol. The van der Waals surface area contributed by atoms with E-state index in [1.54, 1.807) is 12.3 Å². The highest BCUT2D eigenvalue weighted by Gasteiger charge is 2.38. The summed E-state index contributed by atoms with van der Waals surface area (Å²) in [7, 11) is -4.14. The van der Waals surface area contributed by atoms with Crippen molar-refractivity contribution >= 4 is 62.4 Å². The zero-order chi connectivity index (χ0) is 34.8. The summed E-state index contributed by atoms with van der Waals surface area (Å²) in [4.78, 5) is 33.0. The van der Waals surface area contributed by atoms with Gasteiger partial charge in [0.1, 0.15) is 11.9 Å². The smallest absolute Gasteiger partial charge is 0.480 e. The Morgan fingerprint density at radius 3 is 2.20 bits per heavy atom. The lowest BCUT2D eigenvalue weighted by Gasteiger charge is -2.19. The molecule has 0 fully saturated rings. The number of nitrogens with one attached hydrogen (secondary N) is 3. The molecule has 1 atom stereocenters. The van der Waals surface area contributed by atoms with Crippen molar-refractivity contribution in [2.24, 2.45) is 11.5 Å². The summed E-state index contributed by atoms with van der Waals surface area (Å²) < 4.78 is 60.2. The summed E-state index contributed by atoms with van der Waals surface area (Å²) in [5, 5.41) is 29.3.